The molecule has 0 aliphatic carbocycles. The fourth-order valence-corrected chi connectivity index (χ4v) is 2.21. The summed E-state index contributed by atoms with van der Waals surface area (Å²) >= 11 is 0. The number of carbonyl (C=O) groups excluding carboxylic acids is 1. The van der Waals surface area contributed by atoms with E-state index in [2.05, 4.69) is 17.1 Å². The van der Waals surface area contributed by atoms with Gasteiger partial charge in [0.2, 0.25) is 5.91 Å². The van der Waals surface area contributed by atoms with Crippen LogP contribution in [0.3, 0.4) is 0 Å². The highest BCUT2D eigenvalue weighted by molar-refractivity contribution is 5.73. The summed E-state index contributed by atoms with van der Waals surface area (Å²) in [4.78, 5) is 13.0. The van der Waals surface area contributed by atoms with Gasteiger partial charge >= 0.3 is 0 Å². The number of hydrogen-bond donors (Lipinski definition) is 3. The molecule has 1 amide bonds. The topological polar surface area (TPSA) is 72.8 Å². The Bertz CT molecular complexity index is 235. The van der Waals surface area contributed by atoms with Crippen molar-refractivity contribution in [2.75, 3.05) is 19.7 Å². The van der Waals surface area contributed by atoms with E-state index in [1.165, 1.54) is 6.92 Å². The first-order valence-corrected chi connectivity index (χ1v) is 5.90. The van der Waals surface area contributed by atoms with E-state index in [-0.39, 0.29) is 24.6 Å². The molecule has 0 aromatic rings. The van der Waals surface area contributed by atoms with E-state index in [0.29, 0.717) is 6.54 Å². The highest BCUT2D eigenvalue weighted by Crippen LogP contribution is 2.19. The molecule has 0 radical (unpaired) electrons. The molecule has 0 aromatic carbocycles. The van der Waals surface area contributed by atoms with Crippen LogP contribution in [-0.4, -0.2) is 58.9 Å². The van der Waals surface area contributed by atoms with Crippen LogP contribution in [0, 0.1) is 0 Å². The van der Waals surface area contributed by atoms with Gasteiger partial charge in [-0.1, -0.05) is 13.3 Å². The lowest BCUT2D eigenvalue weighted by Gasteiger charge is -2.23. The summed E-state index contributed by atoms with van der Waals surface area (Å²) in [6.45, 7) is 4.95. The molecule has 5 nitrogen and oxygen atoms in total. The van der Waals surface area contributed by atoms with Crippen molar-refractivity contribution in [3.8, 4) is 0 Å². The molecule has 1 rings (SSSR count). The van der Waals surface area contributed by atoms with E-state index in [0.717, 1.165) is 19.4 Å². The van der Waals surface area contributed by atoms with E-state index in [1.54, 1.807) is 0 Å². The highest BCUT2D eigenvalue weighted by Gasteiger charge is 2.40. The maximum absolute atomic E-state index is 11.0. The van der Waals surface area contributed by atoms with Crippen LogP contribution in [0.25, 0.3) is 0 Å². The van der Waals surface area contributed by atoms with Gasteiger partial charge in [-0.25, -0.2) is 0 Å². The van der Waals surface area contributed by atoms with Gasteiger partial charge in [0.05, 0.1) is 24.8 Å². The number of likely N-dealkylation sites (tertiary alicyclic amines) is 1. The number of nitrogens with one attached hydrogen (secondary N) is 1. The molecule has 3 N–H and O–H groups in total. The number of nitrogens with zero attached hydrogens (tertiary/aromatic N) is 1. The lowest BCUT2D eigenvalue weighted by molar-refractivity contribution is -0.120. The Morgan fingerprint density at radius 3 is 2.75 bits per heavy atom. The van der Waals surface area contributed by atoms with Gasteiger partial charge in [0.25, 0.3) is 0 Å². The van der Waals surface area contributed by atoms with Crippen molar-refractivity contribution in [3.63, 3.8) is 0 Å². The first-order valence-electron chi connectivity index (χ1n) is 5.90. The minimum absolute atomic E-state index is 0.0685. The minimum Gasteiger partial charge on any atom is -0.395 e. The van der Waals surface area contributed by atoms with Crippen LogP contribution in [0.15, 0.2) is 0 Å². The first-order chi connectivity index (χ1) is 7.60. The molecule has 1 fully saturated rings. The number of aliphatic hydroxyl groups is 2. The van der Waals surface area contributed by atoms with Gasteiger partial charge in [-0.2, -0.15) is 0 Å². The first kappa shape index (κ1) is 13.4. The normalized spacial score (nSPS) is 30.6. The van der Waals surface area contributed by atoms with Crippen molar-refractivity contribution in [1.82, 2.24) is 10.2 Å². The van der Waals surface area contributed by atoms with Gasteiger partial charge in [-0.05, 0) is 13.0 Å². The molecule has 94 valence electrons. The minimum atomic E-state index is -0.675. The molecule has 1 aliphatic rings. The maximum atomic E-state index is 11.0. The van der Waals surface area contributed by atoms with Crippen molar-refractivity contribution in [3.05, 3.63) is 0 Å². The van der Waals surface area contributed by atoms with E-state index < -0.39 is 6.10 Å². The van der Waals surface area contributed by atoms with Crippen molar-refractivity contribution in [2.45, 2.75) is 44.9 Å². The second-order valence-electron chi connectivity index (χ2n) is 4.40. The standard InChI is InChI=1S/C11H22N2O3/c1-3-4-5-13-6-9(12-8(2)15)11(16)10(13)7-14/h9-11,14,16H,3-7H2,1-2H3,(H,12,15)/t9-,10+,11-/m0/s1. The average Bonchev–Trinajstić information content (AvgIpc) is 2.51. The number of unbranched alkanes of at least 4 members (excludes halogenated alkanes) is 1. The zero-order chi connectivity index (χ0) is 12.1. The fraction of sp³-hybridized carbons (Fsp3) is 0.909. The molecule has 1 saturated heterocycles. The number of hydrogen-bond acceptors (Lipinski definition) is 4. The van der Waals surface area contributed by atoms with Crippen LogP contribution < -0.4 is 5.32 Å². The predicted octanol–water partition coefficient (Wildman–Crippen LogP) is -0.671. The molecular weight excluding hydrogens is 208 g/mol. The zero-order valence-electron chi connectivity index (χ0n) is 10.0. The second-order valence-corrected chi connectivity index (χ2v) is 4.40. The third-order valence-corrected chi connectivity index (χ3v) is 3.08. The smallest absolute Gasteiger partial charge is 0.217 e. The molecule has 0 bridgehead atoms. The van der Waals surface area contributed by atoms with E-state index >= 15 is 0 Å². The van der Waals surface area contributed by atoms with E-state index in [4.69, 9.17) is 0 Å². The summed E-state index contributed by atoms with van der Waals surface area (Å²) in [5.41, 5.74) is 0. The maximum Gasteiger partial charge on any atom is 0.217 e. The van der Waals surface area contributed by atoms with Crippen molar-refractivity contribution in [1.29, 1.82) is 0 Å². The van der Waals surface area contributed by atoms with Gasteiger partial charge in [0, 0.05) is 13.5 Å². The Hall–Kier alpha value is -0.650. The Labute approximate surface area is 96.4 Å². The fourth-order valence-electron chi connectivity index (χ4n) is 2.21. The molecule has 0 unspecified atom stereocenters. The monoisotopic (exact) mass is 230 g/mol. The third kappa shape index (κ3) is 3.17. The summed E-state index contributed by atoms with van der Waals surface area (Å²) in [5, 5.41) is 21.9. The number of carbonyl (C=O) groups is 1. The summed E-state index contributed by atoms with van der Waals surface area (Å²) in [6, 6.07) is -0.505. The summed E-state index contributed by atoms with van der Waals surface area (Å²) < 4.78 is 0. The third-order valence-electron chi connectivity index (χ3n) is 3.08. The summed E-state index contributed by atoms with van der Waals surface area (Å²) in [7, 11) is 0. The Morgan fingerprint density at radius 1 is 1.56 bits per heavy atom. The molecular formula is C11H22N2O3. The van der Waals surface area contributed by atoms with Gasteiger partial charge in [0.1, 0.15) is 0 Å². The van der Waals surface area contributed by atoms with E-state index in [1.807, 2.05) is 0 Å². The molecule has 0 aromatic heterocycles. The molecule has 0 spiro atoms. The van der Waals surface area contributed by atoms with Crippen molar-refractivity contribution >= 4 is 5.91 Å². The summed E-state index contributed by atoms with van der Waals surface area (Å²) in [6.07, 6.45) is 1.44. The lowest BCUT2D eigenvalue weighted by atomic mass is 10.1. The molecule has 5 heteroatoms. The molecule has 3 atom stereocenters. The molecule has 1 aliphatic heterocycles. The van der Waals surface area contributed by atoms with E-state index in [9.17, 15) is 15.0 Å². The Kier molecular flexibility index (Phi) is 5.18. The number of aliphatic hydroxyl groups excluding tert-OH is 2. The lowest BCUT2D eigenvalue weighted by Crippen LogP contribution is -2.44. The van der Waals surface area contributed by atoms with Crippen LogP contribution in [0.2, 0.25) is 0 Å². The van der Waals surface area contributed by atoms with Gasteiger partial charge in [-0.15, -0.1) is 0 Å². The van der Waals surface area contributed by atoms with Gasteiger partial charge < -0.3 is 15.5 Å². The zero-order valence-corrected chi connectivity index (χ0v) is 10.0. The number of amides is 1. The summed E-state index contributed by atoms with van der Waals surface area (Å²) in [5.74, 6) is -0.141. The SMILES string of the molecule is CCCCN1C[C@H](NC(C)=O)[C@H](O)[C@H]1CO. The molecule has 16 heavy (non-hydrogen) atoms. The molecule has 0 saturated carbocycles. The van der Waals surface area contributed by atoms with Crippen molar-refractivity contribution in [2.24, 2.45) is 0 Å². The Balaban J connectivity index is 2.56. The van der Waals surface area contributed by atoms with Crippen LogP contribution in [0.1, 0.15) is 26.7 Å². The average molecular weight is 230 g/mol. The van der Waals surface area contributed by atoms with Crippen LogP contribution in [-0.2, 0) is 4.79 Å². The quantitative estimate of drug-likeness (QED) is 0.585. The largest absolute Gasteiger partial charge is 0.395 e. The van der Waals surface area contributed by atoms with Crippen LogP contribution >= 0.6 is 0 Å². The highest BCUT2D eigenvalue weighted by atomic mass is 16.3. The molecule has 1 heterocycles. The van der Waals surface area contributed by atoms with Crippen LogP contribution in [0.5, 0.6) is 0 Å². The van der Waals surface area contributed by atoms with Crippen molar-refractivity contribution < 1.29 is 15.0 Å². The Morgan fingerprint density at radius 2 is 2.25 bits per heavy atom. The van der Waals surface area contributed by atoms with Gasteiger partial charge in [0.15, 0.2) is 0 Å². The second kappa shape index (κ2) is 6.18. The number of rotatable bonds is 5. The van der Waals surface area contributed by atoms with Gasteiger partial charge in [-0.3, -0.25) is 9.69 Å². The predicted molar refractivity (Wildman–Crippen MR) is 61.0 cm³/mol. The van der Waals surface area contributed by atoms with Crippen LogP contribution in [0.4, 0.5) is 0 Å².